The Labute approximate surface area is 100 Å². The zero-order chi connectivity index (χ0) is 12.5. The summed E-state index contributed by atoms with van der Waals surface area (Å²) in [5, 5.41) is 11.5. The average molecular weight is 239 g/mol. The second kappa shape index (κ2) is 7.59. The van der Waals surface area contributed by atoms with Crippen LogP contribution in [-0.2, 0) is 16.1 Å². The molecule has 94 valence electrons. The van der Waals surface area contributed by atoms with Gasteiger partial charge in [-0.25, -0.2) is 0 Å². The molecule has 0 aliphatic carbocycles. The molecule has 1 heterocycles. The molecule has 0 atom stereocenters. The molecule has 6 nitrogen and oxygen atoms in total. The fraction of sp³-hybridized carbons (Fsp3) is 0.455. The summed E-state index contributed by atoms with van der Waals surface area (Å²) in [4.78, 5) is 4.04. The second-order valence-corrected chi connectivity index (χ2v) is 3.25. The molecule has 0 amide bonds. The summed E-state index contributed by atoms with van der Waals surface area (Å²) in [6.07, 6.45) is 1.58. The van der Waals surface area contributed by atoms with E-state index in [9.17, 15) is 0 Å². The number of hydrogen-bond acceptors (Lipinski definition) is 5. The molecule has 0 saturated heterocycles. The zero-order valence-electron chi connectivity index (χ0n) is 9.80. The van der Waals surface area contributed by atoms with Gasteiger partial charge in [-0.15, -0.1) is 0 Å². The smallest absolute Gasteiger partial charge is 0.189 e. The van der Waals surface area contributed by atoms with E-state index in [1.807, 2.05) is 13.0 Å². The normalized spacial score (nSPS) is 11.7. The van der Waals surface area contributed by atoms with E-state index in [4.69, 9.17) is 20.4 Å². The van der Waals surface area contributed by atoms with Gasteiger partial charge in [-0.2, -0.15) is 0 Å². The SMILES string of the molecule is CCOCCOCc1cccnc1C(N)=NO. The first-order chi connectivity index (χ1) is 8.29. The lowest BCUT2D eigenvalue weighted by Crippen LogP contribution is -2.18. The van der Waals surface area contributed by atoms with Gasteiger partial charge in [0.05, 0.1) is 19.8 Å². The van der Waals surface area contributed by atoms with Crippen molar-refractivity contribution in [3.8, 4) is 0 Å². The minimum absolute atomic E-state index is 0.0194. The molecule has 0 aromatic carbocycles. The van der Waals surface area contributed by atoms with Crippen LogP contribution >= 0.6 is 0 Å². The Bertz CT molecular complexity index is 369. The molecule has 0 aliphatic rings. The van der Waals surface area contributed by atoms with Gasteiger partial charge >= 0.3 is 0 Å². The van der Waals surface area contributed by atoms with Crippen LogP contribution in [0.1, 0.15) is 18.2 Å². The highest BCUT2D eigenvalue weighted by Gasteiger charge is 2.07. The average Bonchev–Trinajstić information content (AvgIpc) is 2.38. The van der Waals surface area contributed by atoms with Gasteiger partial charge in [0, 0.05) is 18.4 Å². The van der Waals surface area contributed by atoms with E-state index in [-0.39, 0.29) is 5.84 Å². The number of rotatable bonds is 7. The molecular formula is C11H17N3O3. The third-order valence-electron chi connectivity index (χ3n) is 2.08. The molecule has 0 fully saturated rings. The van der Waals surface area contributed by atoms with Crippen LogP contribution in [-0.4, -0.2) is 35.8 Å². The van der Waals surface area contributed by atoms with Crippen molar-refractivity contribution in [3.05, 3.63) is 29.6 Å². The zero-order valence-corrected chi connectivity index (χ0v) is 9.80. The Morgan fingerprint density at radius 2 is 2.24 bits per heavy atom. The largest absolute Gasteiger partial charge is 0.409 e. The highest BCUT2D eigenvalue weighted by Crippen LogP contribution is 2.06. The van der Waals surface area contributed by atoms with Gasteiger partial charge in [-0.3, -0.25) is 4.98 Å². The number of pyridine rings is 1. The molecule has 0 aliphatic heterocycles. The molecule has 1 rings (SSSR count). The Kier molecular flexibility index (Phi) is 5.98. The van der Waals surface area contributed by atoms with E-state index in [0.717, 1.165) is 5.56 Å². The molecular weight excluding hydrogens is 222 g/mol. The second-order valence-electron chi connectivity index (χ2n) is 3.25. The van der Waals surface area contributed by atoms with Gasteiger partial charge in [-0.1, -0.05) is 11.2 Å². The summed E-state index contributed by atoms with van der Waals surface area (Å²) >= 11 is 0. The Hall–Kier alpha value is -1.66. The van der Waals surface area contributed by atoms with Crippen molar-refractivity contribution in [2.75, 3.05) is 19.8 Å². The molecule has 0 saturated carbocycles. The summed E-state index contributed by atoms with van der Waals surface area (Å²) in [5.41, 5.74) is 6.72. The number of aromatic nitrogens is 1. The Balaban J connectivity index is 2.53. The van der Waals surface area contributed by atoms with Crippen molar-refractivity contribution in [1.29, 1.82) is 0 Å². The van der Waals surface area contributed by atoms with Crippen molar-refractivity contribution in [3.63, 3.8) is 0 Å². The minimum Gasteiger partial charge on any atom is -0.409 e. The van der Waals surface area contributed by atoms with Gasteiger partial charge in [-0.05, 0) is 13.0 Å². The van der Waals surface area contributed by atoms with Crippen LogP contribution in [0.15, 0.2) is 23.5 Å². The van der Waals surface area contributed by atoms with Gasteiger partial charge < -0.3 is 20.4 Å². The van der Waals surface area contributed by atoms with Crippen LogP contribution in [0, 0.1) is 0 Å². The first kappa shape index (κ1) is 13.4. The van der Waals surface area contributed by atoms with Crippen LogP contribution in [0.25, 0.3) is 0 Å². The van der Waals surface area contributed by atoms with Crippen LogP contribution in [0.5, 0.6) is 0 Å². The van der Waals surface area contributed by atoms with Crippen molar-refractivity contribution >= 4 is 5.84 Å². The standard InChI is InChI=1S/C11H17N3O3/c1-2-16-6-7-17-8-9-4-3-5-13-10(9)11(12)14-15/h3-5,15H,2,6-8H2,1H3,(H2,12,14). The highest BCUT2D eigenvalue weighted by molar-refractivity contribution is 5.96. The van der Waals surface area contributed by atoms with Crippen molar-refractivity contribution in [1.82, 2.24) is 4.98 Å². The fourth-order valence-electron chi connectivity index (χ4n) is 1.28. The summed E-state index contributed by atoms with van der Waals surface area (Å²) < 4.78 is 10.5. The summed E-state index contributed by atoms with van der Waals surface area (Å²) in [6, 6.07) is 3.59. The molecule has 3 N–H and O–H groups in total. The predicted molar refractivity (Wildman–Crippen MR) is 62.9 cm³/mol. The number of nitrogens with two attached hydrogens (primary N) is 1. The molecule has 1 aromatic rings. The van der Waals surface area contributed by atoms with Gasteiger partial charge in [0.15, 0.2) is 5.84 Å². The molecule has 0 spiro atoms. The van der Waals surface area contributed by atoms with E-state index in [1.54, 1.807) is 12.3 Å². The van der Waals surface area contributed by atoms with E-state index in [2.05, 4.69) is 10.1 Å². The molecule has 0 unspecified atom stereocenters. The van der Waals surface area contributed by atoms with Crippen LogP contribution < -0.4 is 5.73 Å². The quantitative estimate of drug-likeness (QED) is 0.241. The number of hydrogen-bond donors (Lipinski definition) is 2. The maximum atomic E-state index is 8.62. The van der Waals surface area contributed by atoms with Gasteiger partial charge in [0.2, 0.25) is 0 Å². The van der Waals surface area contributed by atoms with Crippen LogP contribution in [0.3, 0.4) is 0 Å². The molecule has 0 bridgehead atoms. The van der Waals surface area contributed by atoms with Gasteiger partial charge in [0.25, 0.3) is 0 Å². The number of ether oxygens (including phenoxy) is 2. The first-order valence-corrected chi connectivity index (χ1v) is 5.36. The summed E-state index contributed by atoms with van der Waals surface area (Å²) in [6.45, 7) is 4.00. The summed E-state index contributed by atoms with van der Waals surface area (Å²) in [5.74, 6) is -0.0194. The topological polar surface area (TPSA) is 90.0 Å². The Morgan fingerprint density at radius 3 is 2.94 bits per heavy atom. The number of oxime groups is 1. The molecule has 17 heavy (non-hydrogen) atoms. The van der Waals surface area contributed by atoms with Crippen molar-refractivity contribution in [2.24, 2.45) is 10.9 Å². The third-order valence-corrected chi connectivity index (χ3v) is 2.08. The summed E-state index contributed by atoms with van der Waals surface area (Å²) in [7, 11) is 0. The maximum absolute atomic E-state index is 8.62. The van der Waals surface area contributed by atoms with Crippen LogP contribution in [0.2, 0.25) is 0 Å². The lowest BCUT2D eigenvalue weighted by atomic mass is 10.2. The Morgan fingerprint density at radius 1 is 1.47 bits per heavy atom. The number of nitrogens with zero attached hydrogens (tertiary/aromatic N) is 2. The van der Waals surface area contributed by atoms with Crippen molar-refractivity contribution in [2.45, 2.75) is 13.5 Å². The fourth-order valence-corrected chi connectivity index (χ4v) is 1.28. The number of amidine groups is 1. The van der Waals surface area contributed by atoms with E-state index >= 15 is 0 Å². The third kappa shape index (κ3) is 4.38. The van der Waals surface area contributed by atoms with E-state index in [0.29, 0.717) is 32.1 Å². The lowest BCUT2D eigenvalue weighted by molar-refractivity contribution is 0.0451. The van der Waals surface area contributed by atoms with E-state index < -0.39 is 0 Å². The molecule has 6 heteroatoms. The van der Waals surface area contributed by atoms with E-state index in [1.165, 1.54) is 0 Å². The highest BCUT2D eigenvalue weighted by atomic mass is 16.5. The molecule has 1 aromatic heterocycles. The maximum Gasteiger partial charge on any atom is 0.189 e. The lowest BCUT2D eigenvalue weighted by Gasteiger charge is -2.08. The van der Waals surface area contributed by atoms with Gasteiger partial charge in [0.1, 0.15) is 5.69 Å². The van der Waals surface area contributed by atoms with Crippen molar-refractivity contribution < 1.29 is 14.7 Å². The van der Waals surface area contributed by atoms with Crippen LogP contribution in [0.4, 0.5) is 0 Å². The first-order valence-electron chi connectivity index (χ1n) is 5.36. The monoisotopic (exact) mass is 239 g/mol. The molecule has 0 radical (unpaired) electrons. The minimum atomic E-state index is -0.0194. The predicted octanol–water partition coefficient (Wildman–Crippen LogP) is 0.729.